The summed E-state index contributed by atoms with van der Waals surface area (Å²) in [4.78, 5) is 36.7. The first-order valence-corrected chi connectivity index (χ1v) is 12.5. The van der Waals surface area contributed by atoms with Gasteiger partial charge in [0.2, 0.25) is 5.60 Å². The Morgan fingerprint density at radius 1 is 1.26 bits per heavy atom. The molecule has 0 aliphatic carbocycles. The molecule has 2 aromatic rings. The van der Waals surface area contributed by atoms with Crippen LogP contribution in [0.1, 0.15) is 58.2 Å². The number of rotatable bonds is 10. The number of oxime groups is 1. The van der Waals surface area contributed by atoms with E-state index in [-0.39, 0.29) is 31.2 Å². The van der Waals surface area contributed by atoms with Crippen molar-refractivity contribution in [2.24, 2.45) is 11.1 Å². The van der Waals surface area contributed by atoms with Crippen molar-refractivity contribution in [1.82, 2.24) is 15.6 Å². The molecule has 1 aliphatic heterocycles. The van der Waals surface area contributed by atoms with Crippen molar-refractivity contribution in [3.8, 4) is 0 Å². The average Bonchev–Trinajstić information content (AvgIpc) is 3.34. The fourth-order valence-corrected chi connectivity index (χ4v) is 4.99. The maximum absolute atomic E-state index is 13.5. The molecule has 0 saturated carbocycles. The number of nitrogens with one attached hydrogen (secondary N) is 2. The van der Waals surface area contributed by atoms with E-state index in [4.69, 9.17) is 4.84 Å². The summed E-state index contributed by atoms with van der Waals surface area (Å²) in [7, 11) is -1.70. The Morgan fingerprint density at radius 2 is 2.00 bits per heavy atom. The van der Waals surface area contributed by atoms with Gasteiger partial charge in [-0.3, -0.25) is 9.59 Å². The van der Waals surface area contributed by atoms with Crippen LogP contribution in [-0.4, -0.2) is 57.8 Å². The van der Waals surface area contributed by atoms with Crippen molar-refractivity contribution >= 4 is 36.0 Å². The molecule has 2 unspecified atom stereocenters. The largest absolute Gasteiger partial charge is 0.475 e. The number of amides is 2. The first-order valence-electron chi connectivity index (χ1n) is 11.7. The number of carbonyl (C=O) groups excluding carboxylic acids is 2. The van der Waals surface area contributed by atoms with Crippen molar-refractivity contribution < 1.29 is 24.5 Å². The van der Waals surface area contributed by atoms with Crippen LogP contribution in [0.25, 0.3) is 0 Å². The molecule has 4 N–H and O–H groups in total. The second-order valence-electron chi connectivity index (χ2n) is 9.54. The molecule has 11 heteroatoms. The van der Waals surface area contributed by atoms with E-state index in [1.165, 1.54) is 11.3 Å². The van der Waals surface area contributed by atoms with Gasteiger partial charge in [-0.25, -0.2) is 4.98 Å². The summed E-state index contributed by atoms with van der Waals surface area (Å²) in [5.41, 5.74) is 1.76. The minimum Gasteiger partial charge on any atom is -0.426 e. The van der Waals surface area contributed by atoms with Gasteiger partial charge in [0.05, 0.1) is 28.9 Å². The number of nitrogens with zero attached hydrogens (tertiary/aromatic N) is 2. The van der Waals surface area contributed by atoms with Crippen molar-refractivity contribution in [3.05, 3.63) is 51.0 Å². The van der Waals surface area contributed by atoms with Gasteiger partial charge in [-0.05, 0) is 38.7 Å². The fourth-order valence-electron chi connectivity index (χ4n) is 4.16. The highest BCUT2D eigenvalue weighted by molar-refractivity contribution is 7.13. The second kappa shape index (κ2) is 11.3. The Labute approximate surface area is 210 Å². The monoisotopic (exact) mass is 500 g/mol. The number of hydrogen-bond donors (Lipinski definition) is 4. The Bertz CT molecular complexity index is 1100. The Hall–Kier alpha value is -2.76. The summed E-state index contributed by atoms with van der Waals surface area (Å²) in [5, 5.41) is 30.2. The SMILES string of the molecule is Cc1cccc(CC2(C(=O)NC(CC(C)C)B(O)O)CC(CNC(=O)c3sc(C)nc3C)=NO2)c1. The first kappa shape index (κ1) is 26.8. The van der Waals surface area contributed by atoms with Gasteiger partial charge in [0.15, 0.2) is 0 Å². The lowest BCUT2D eigenvalue weighted by Gasteiger charge is -2.29. The van der Waals surface area contributed by atoms with Crippen LogP contribution in [0.5, 0.6) is 0 Å². The number of benzene rings is 1. The molecule has 2 atom stereocenters. The molecule has 9 nitrogen and oxygen atoms in total. The zero-order valence-electron chi connectivity index (χ0n) is 20.8. The quantitative estimate of drug-likeness (QED) is 0.370. The van der Waals surface area contributed by atoms with Gasteiger partial charge in [-0.2, -0.15) is 0 Å². The van der Waals surface area contributed by atoms with Crippen LogP contribution >= 0.6 is 11.3 Å². The van der Waals surface area contributed by atoms with E-state index in [2.05, 4.69) is 20.8 Å². The smallest absolute Gasteiger partial charge is 0.426 e. The number of thiazole rings is 1. The number of hydrogen-bond acceptors (Lipinski definition) is 8. The molecule has 0 bridgehead atoms. The van der Waals surface area contributed by atoms with Crippen LogP contribution in [0.2, 0.25) is 0 Å². The highest BCUT2D eigenvalue weighted by Crippen LogP contribution is 2.30. The summed E-state index contributed by atoms with van der Waals surface area (Å²) >= 11 is 1.32. The summed E-state index contributed by atoms with van der Waals surface area (Å²) in [6.07, 6.45) is 0.787. The predicted molar refractivity (Wildman–Crippen MR) is 136 cm³/mol. The average molecular weight is 500 g/mol. The Morgan fingerprint density at radius 3 is 2.60 bits per heavy atom. The van der Waals surface area contributed by atoms with Gasteiger partial charge in [0.25, 0.3) is 11.8 Å². The molecule has 2 heterocycles. The van der Waals surface area contributed by atoms with E-state index in [9.17, 15) is 19.6 Å². The van der Waals surface area contributed by atoms with Crippen LogP contribution in [0, 0.1) is 26.7 Å². The molecular weight excluding hydrogens is 467 g/mol. The van der Waals surface area contributed by atoms with Crippen LogP contribution in [0.15, 0.2) is 29.4 Å². The van der Waals surface area contributed by atoms with Crippen LogP contribution < -0.4 is 10.6 Å². The Kier molecular flexibility index (Phi) is 8.68. The third-order valence-corrected chi connectivity index (χ3v) is 6.86. The van der Waals surface area contributed by atoms with Gasteiger partial charge in [0, 0.05) is 12.8 Å². The normalized spacial score (nSPS) is 18.1. The third-order valence-electron chi connectivity index (χ3n) is 5.79. The van der Waals surface area contributed by atoms with E-state index >= 15 is 0 Å². The molecule has 0 radical (unpaired) electrons. The zero-order valence-corrected chi connectivity index (χ0v) is 21.6. The van der Waals surface area contributed by atoms with Gasteiger partial charge in [-0.1, -0.05) is 48.8 Å². The lowest BCUT2D eigenvalue weighted by Crippen LogP contribution is -2.56. The maximum atomic E-state index is 13.5. The molecule has 1 aromatic heterocycles. The summed E-state index contributed by atoms with van der Waals surface area (Å²) in [6.45, 7) is 9.59. The molecular formula is C24H33BN4O5S. The van der Waals surface area contributed by atoms with Crippen molar-refractivity contribution in [1.29, 1.82) is 0 Å². The van der Waals surface area contributed by atoms with E-state index in [1.807, 2.05) is 52.0 Å². The predicted octanol–water partition coefficient (Wildman–Crippen LogP) is 2.10. The van der Waals surface area contributed by atoms with Gasteiger partial charge < -0.3 is 25.5 Å². The lowest BCUT2D eigenvalue weighted by molar-refractivity contribution is -0.144. The first-order chi connectivity index (χ1) is 16.5. The molecule has 35 heavy (non-hydrogen) atoms. The van der Waals surface area contributed by atoms with Gasteiger partial charge >= 0.3 is 7.12 Å². The summed E-state index contributed by atoms with van der Waals surface area (Å²) < 4.78 is 0. The minimum atomic E-state index is -1.70. The Balaban J connectivity index is 1.76. The van der Waals surface area contributed by atoms with E-state index in [1.54, 1.807) is 6.92 Å². The number of aromatic nitrogens is 1. The van der Waals surface area contributed by atoms with Crippen molar-refractivity contribution in [2.45, 2.75) is 65.4 Å². The fraction of sp³-hybridized carbons (Fsp3) is 0.500. The van der Waals surface area contributed by atoms with Crippen molar-refractivity contribution in [2.75, 3.05) is 6.54 Å². The highest BCUT2D eigenvalue weighted by Gasteiger charge is 2.48. The van der Waals surface area contributed by atoms with Crippen molar-refractivity contribution in [3.63, 3.8) is 0 Å². The summed E-state index contributed by atoms with van der Waals surface area (Å²) in [6, 6.07) is 7.75. The molecule has 0 spiro atoms. The summed E-state index contributed by atoms with van der Waals surface area (Å²) in [5.74, 6) is -1.43. The molecule has 0 saturated heterocycles. The molecule has 188 valence electrons. The zero-order chi connectivity index (χ0) is 25.8. The topological polar surface area (TPSA) is 133 Å². The maximum Gasteiger partial charge on any atom is 0.475 e. The second-order valence-corrected chi connectivity index (χ2v) is 10.7. The lowest BCUT2D eigenvalue weighted by atomic mass is 9.74. The van der Waals surface area contributed by atoms with Crippen LogP contribution in [0.3, 0.4) is 0 Å². The standard InChI is InChI=1S/C24H33BN4O5S/c1-14(2)9-20(25(32)33)28-23(31)24(11-18-8-6-7-15(3)10-18)12-19(29-34-24)13-26-22(30)21-16(4)27-17(5)35-21/h6-8,10,14,20,32-33H,9,11-13H2,1-5H3,(H,26,30)(H,28,31). The minimum absolute atomic E-state index is 0.121. The molecule has 1 aliphatic rings. The van der Waals surface area contributed by atoms with E-state index in [0.717, 1.165) is 16.1 Å². The van der Waals surface area contributed by atoms with Crippen LogP contribution in [0.4, 0.5) is 0 Å². The number of carbonyl (C=O) groups is 2. The molecule has 2 amide bonds. The molecule has 0 fully saturated rings. The molecule has 3 rings (SSSR count). The van der Waals surface area contributed by atoms with E-state index < -0.39 is 24.6 Å². The third kappa shape index (κ3) is 6.90. The molecule has 1 aromatic carbocycles. The van der Waals surface area contributed by atoms with Crippen LogP contribution in [-0.2, 0) is 16.1 Å². The number of aryl methyl sites for hydroxylation is 3. The van der Waals surface area contributed by atoms with Gasteiger partial charge in [0.1, 0.15) is 4.88 Å². The van der Waals surface area contributed by atoms with Gasteiger partial charge in [-0.15, -0.1) is 11.3 Å². The van der Waals surface area contributed by atoms with E-state index in [0.29, 0.717) is 22.7 Å². The highest BCUT2D eigenvalue weighted by atomic mass is 32.1.